The molecule has 0 aromatic carbocycles. The van der Waals surface area contributed by atoms with Gasteiger partial charge in [-0.2, -0.15) is 0 Å². The highest BCUT2D eigenvalue weighted by Crippen LogP contribution is 1.84. The lowest BCUT2D eigenvalue weighted by Gasteiger charge is -1.96. The highest BCUT2D eigenvalue weighted by Gasteiger charge is 2.05. The standard InChI is InChI=1S/C4H3NO2/c6-4(7)3-1-5-2-3/h1,5H,(H,6,7). The molecule has 0 amide bonds. The first kappa shape index (κ1) is 4.05. The van der Waals surface area contributed by atoms with Crippen LogP contribution in [0.1, 0.15) is 0 Å². The van der Waals surface area contributed by atoms with Gasteiger partial charge in [0.15, 0.2) is 6.21 Å². The van der Waals surface area contributed by atoms with E-state index in [0.717, 1.165) is 0 Å². The second kappa shape index (κ2) is 1.18. The summed E-state index contributed by atoms with van der Waals surface area (Å²) in [5, 5.41) is 8.06. The van der Waals surface area contributed by atoms with Gasteiger partial charge >= 0.3 is 0 Å². The van der Waals surface area contributed by atoms with E-state index in [2.05, 4.69) is 11.2 Å². The number of carbonyl (C=O) groups is 1. The van der Waals surface area contributed by atoms with Crippen LogP contribution < -0.4 is 4.99 Å². The zero-order chi connectivity index (χ0) is 5.28. The van der Waals surface area contributed by atoms with Crippen LogP contribution in [0, 0.1) is 0 Å². The minimum atomic E-state index is -0.932. The van der Waals surface area contributed by atoms with Crippen molar-refractivity contribution >= 4 is 12.2 Å². The first-order valence-corrected chi connectivity index (χ1v) is 1.76. The number of carboxylic acid groups (broad SMARTS) is 1. The smallest absolute Gasteiger partial charge is 0.259 e. The van der Waals surface area contributed by atoms with E-state index in [9.17, 15) is 4.79 Å². The zero-order valence-corrected chi connectivity index (χ0v) is 3.43. The van der Waals surface area contributed by atoms with Crippen molar-refractivity contribution in [2.45, 2.75) is 0 Å². The summed E-state index contributed by atoms with van der Waals surface area (Å²) in [6.45, 7) is 0. The molecule has 0 bridgehead atoms. The maximum atomic E-state index is 9.81. The number of rotatable bonds is 1. The summed E-state index contributed by atoms with van der Waals surface area (Å²) < 4.78 is 0. The predicted molar refractivity (Wildman–Crippen MR) is 21.7 cm³/mol. The van der Waals surface area contributed by atoms with E-state index in [4.69, 9.17) is 5.11 Å². The lowest BCUT2D eigenvalue weighted by molar-refractivity contribution is -0.379. The van der Waals surface area contributed by atoms with Crippen LogP contribution in [0.15, 0.2) is 11.8 Å². The Balaban J connectivity index is 2.60. The Bertz CT molecular complexity index is 157. The van der Waals surface area contributed by atoms with Crippen LogP contribution in [0.25, 0.3) is 0 Å². The summed E-state index contributed by atoms with van der Waals surface area (Å²) in [7, 11) is 0. The van der Waals surface area contributed by atoms with Crippen molar-refractivity contribution in [3.8, 4) is 0 Å². The second-order valence-electron chi connectivity index (χ2n) is 1.13. The molecule has 0 aromatic rings. The summed E-state index contributed by atoms with van der Waals surface area (Å²) >= 11 is 0. The van der Waals surface area contributed by atoms with Crippen LogP contribution in [0.4, 0.5) is 0 Å². The van der Waals surface area contributed by atoms with Gasteiger partial charge in [0.2, 0.25) is 0 Å². The average Bonchev–Trinajstić information content (AvgIpc) is 1.23. The number of hydrogen-bond acceptors (Lipinski definition) is 1. The number of carboxylic acids is 1. The van der Waals surface area contributed by atoms with Crippen LogP contribution in [-0.4, -0.2) is 17.3 Å². The second-order valence-corrected chi connectivity index (χ2v) is 1.13. The Kier molecular flexibility index (Phi) is 0.685. The molecule has 0 aliphatic carbocycles. The maximum Gasteiger partial charge on any atom is 0.259 e. The molecule has 2 N–H and O–H groups in total. The molecule has 1 heterocycles. The Morgan fingerprint density at radius 3 is 2.57 bits per heavy atom. The fraction of sp³-hybridized carbons (Fsp3) is 0. The van der Waals surface area contributed by atoms with Gasteiger partial charge in [0, 0.05) is 0 Å². The van der Waals surface area contributed by atoms with E-state index in [-0.39, 0.29) is 5.57 Å². The molecular weight excluding hydrogens is 94.0 g/mol. The third-order valence-electron chi connectivity index (χ3n) is 0.654. The molecule has 0 radical (unpaired) electrons. The Morgan fingerprint density at radius 2 is 2.57 bits per heavy atom. The molecule has 0 saturated heterocycles. The molecule has 0 unspecified atom stereocenters. The molecule has 0 spiro atoms. The molecular formula is C4H3NO2. The van der Waals surface area contributed by atoms with Crippen LogP contribution >= 0.6 is 0 Å². The first-order chi connectivity index (χ1) is 3.30. The van der Waals surface area contributed by atoms with Crippen LogP contribution in [-0.2, 0) is 4.79 Å². The summed E-state index contributed by atoms with van der Waals surface area (Å²) in [6.07, 6.45) is 3.73. The molecule has 3 heteroatoms. The largest absolute Gasteiger partial charge is 0.521 e. The molecule has 0 atom stereocenters. The van der Waals surface area contributed by atoms with Crippen molar-refractivity contribution in [3.63, 3.8) is 0 Å². The van der Waals surface area contributed by atoms with Gasteiger partial charge in [0.1, 0.15) is 0 Å². The van der Waals surface area contributed by atoms with Gasteiger partial charge in [-0.05, 0) is 0 Å². The van der Waals surface area contributed by atoms with Crippen molar-refractivity contribution in [1.82, 2.24) is 0 Å². The molecule has 0 aromatic heterocycles. The van der Waals surface area contributed by atoms with Crippen molar-refractivity contribution in [2.24, 2.45) is 0 Å². The van der Waals surface area contributed by atoms with Gasteiger partial charge in [-0.15, -0.1) is 0 Å². The molecule has 0 saturated carbocycles. The maximum absolute atomic E-state index is 9.81. The highest BCUT2D eigenvalue weighted by atomic mass is 16.4. The lowest BCUT2D eigenvalue weighted by Crippen LogP contribution is -2.68. The quantitative estimate of drug-likeness (QED) is 0.372. The summed E-state index contributed by atoms with van der Waals surface area (Å²) in [4.78, 5) is 12.3. The Hall–Kier alpha value is -1.12. The Morgan fingerprint density at radius 1 is 2.00 bits per heavy atom. The zero-order valence-electron chi connectivity index (χ0n) is 3.43. The lowest BCUT2D eigenvalue weighted by atomic mass is 10.3. The topological polar surface area (TPSA) is 51.3 Å². The van der Waals surface area contributed by atoms with Gasteiger partial charge in [-0.25, -0.2) is 0 Å². The number of nitrogens with one attached hydrogen (secondary N) is 1. The first-order valence-electron chi connectivity index (χ1n) is 1.76. The Labute approximate surface area is 40.0 Å². The third kappa shape index (κ3) is 0.513. The summed E-state index contributed by atoms with van der Waals surface area (Å²) in [5.74, 6) is -0.932. The fourth-order valence-electron chi connectivity index (χ4n) is 0.260. The molecule has 1 aliphatic heterocycles. The summed E-state index contributed by atoms with van der Waals surface area (Å²) in [5.41, 5.74) is 0.208. The normalized spacial score (nSPS) is 15.1. The van der Waals surface area contributed by atoms with Crippen LogP contribution in [0.2, 0.25) is 0 Å². The van der Waals surface area contributed by atoms with E-state index >= 15 is 0 Å². The fourth-order valence-corrected chi connectivity index (χ4v) is 0.260. The average molecular weight is 97.1 g/mol. The third-order valence-corrected chi connectivity index (χ3v) is 0.654. The predicted octanol–water partition coefficient (Wildman–Crippen LogP) is -2.00. The van der Waals surface area contributed by atoms with Crippen LogP contribution in [0.3, 0.4) is 0 Å². The van der Waals surface area contributed by atoms with E-state index in [0.29, 0.717) is 0 Å². The van der Waals surface area contributed by atoms with E-state index < -0.39 is 5.97 Å². The van der Waals surface area contributed by atoms with Gasteiger partial charge < -0.3 is 9.90 Å². The number of aliphatic carboxylic acids is 1. The van der Waals surface area contributed by atoms with Gasteiger partial charge in [-0.3, -0.25) is 4.99 Å². The van der Waals surface area contributed by atoms with Crippen molar-refractivity contribution < 1.29 is 14.9 Å². The molecule has 36 valence electrons. The molecule has 7 heavy (non-hydrogen) atoms. The van der Waals surface area contributed by atoms with Crippen LogP contribution in [0.5, 0.6) is 0 Å². The molecule has 3 nitrogen and oxygen atoms in total. The van der Waals surface area contributed by atoms with E-state index in [1.807, 2.05) is 0 Å². The van der Waals surface area contributed by atoms with E-state index in [1.54, 1.807) is 0 Å². The van der Waals surface area contributed by atoms with Crippen molar-refractivity contribution in [2.75, 3.05) is 0 Å². The highest BCUT2D eigenvalue weighted by molar-refractivity contribution is 6.08. The van der Waals surface area contributed by atoms with Gasteiger partial charge in [0.05, 0.1) is 11.8 Å². The molecule has 1 aliphatic rings. The van der Waals surface area contributed by atoms with Gasteiger partial charge in [0.25, 0.3) is 5.97 Å². The number of hydrogen-bond donors (Lipinski definition) is 2. The van der Waals surface area contributed by atoms with Crippen molar-refractivity contribution in [3.05, 3.63) is 11.8 Å². The van der Waals surface area contributed by atoms with E-state index in [1.165, 1.54) is 6.20 Å². The minimum absolute atomic E-state index is 0.208. The minimum Gasteiger partial charge on any atom is -0.521 e. The van der Waals surface area contributed by atoms with Gasteiger partial charge in [-0.1, -0.05) is 0 Å². The molecule has 0 fully saturated rings. The SMILES string of the molecule is O=C(O)C1=C[NH+]=[C-]1. The summed E-state index contributed by atoms with van der Waals surface area (Å²) in [6, 6.07) is 0. The monoisotopic (exact) mass is 97.0 g/mol. The molecule has 1 rings (SSSR count). The van der Waals surface area contributed by atoms with Crippen molar-refractivity contribution in [1.29, 1.82) is 0 Å².